The fourth-order valence-corrected chi connectivity index (χ4v) is 5.95. The first-order valence-corrected chi connectivity index (χ1v) is 11.5. The van der Waals surface area contributed by atoms with Crippen molar-refractivity contribution in [1.29, 1.82) is 0 Å². The number of ether oxygens (including phenoxy) is 1. The van der Waals surface area contributed by atoms with Crippen LogP contribution in [0.3, 0.4) is 0 Å². The number of carbonyl (C=O) groups is 1. The number of sulfonamides is 1. The normalized spacial score (nSPS) is 26.6. The molecule has 2 N–H and O–H groups in total. The van der Waals surface area contributed by atoms with Crippen LogP contribution in [0.1, 0.15) is 62.2 Å². The highest BCUT2D eigenvalue weighted by atomic mass is 32.2. The van der Waals surface area contributed by atoms with Gasteiger partial charge >= 0.3 is 0 Å². The number of piperidine rings is 1. The second-order valence-electron chi connectivity index (χ2n) is 7.81. The molecule has 0 unspecified atom stereocenters. The van der Waals surface area contributed by atoms with Crippen molar-refractivity contribution in [2.24, 2.45) is 0 Å². The maximum absolute atomic E-state index is 13.3. The van der Waals surface area contributed by atoms with Crippen molar-refractivity contribution in [2.75, 3.05) is 13.7 Å². The van der Waals surface area contributed by atoms with E-state index in [2.05, 4.69) is 5.32 Å². The Kier molecular flexibility index (Phi) is 6.62. The van der Waals surface area contributed by atoms with E-state index in [4.69, 9.17) is 4.74 Å². The van der Waals surface area contributed by atoms with Crippen LogP contribution in [0.25, 0.3) is 0 Å². The lowest BCUT2D eigenvalue weighted by Crippen LogP contribution is -2.42. The topological polar surface area (TPSA) is 95.9 Å². The summed E-state index contributed by atoms with van der Waals surface area (Å²) in [4.78, 5) is 12.7. The number of rotatable bonds is 5. The van der Waals surface area contributed by atoms with E-state index in [1.165, 1.54) is 17.5 Å². The van der Waals surface area contributed by atoms with E-state index in [9.17, 15) is 18.3 Å². The SMILES string of the molecule is COc1ccc(C(=O)NC2CCC(O)CC2)cc1S(=O)(=O)N1CCCC[C@H]1C. The summed E-state index contributed by atoms with van der Waals surface area (Å²) in [6, 6.07) is 4.48. The van der Waals surface area contributed by atoms with Gasteiger partial charge in [-0.05, 0) is 63.6 Å². The quantitative estimate of drug-likeness (QED) is 0.776. The third kappa shape index (κ3) is 4.50. The lowest BCUT2D eigenvalue weighted by molar-refractivity contribution is 0.0867. The molecule has 0 spiro atoms. The molecule has 1 saturated carbocycles. The summed E-state index contributed by atoms with van der Waals surface area (Å²) < 4.78 is 33.3. The average Bonchev–Trinajstić information content (AvgIpc) is 2.69. The summed E-state index contributed by atoms with van der Waals surface area (Å²) in [5.41, 5.74) is 0.301. The molecule has 0 bridgehead atoms. The molecule has 1 aromatic carbocycles. The Morgan fingerprint density at radius 1 is 1.18 bits per heavy atom. The number of nitrogens with one attached hydrogen (secondary N) is 1. The fraction of sp³-hybridized carbons (Fsp3) is 0.650. The van der Waals surface area contributed by atoms with Crippen LogP contribution in [-0.4, -0.2) is 55.6 Å². The predicted molar refractivity (Wildman–Crippen MR) is 106 cm³/mol. The van der Waals surface area contributed by atoms with Crippen LogP contribution in [0.4, 0.5) is 0 Å². The highest BCUT2D eigenvalue weighted by Gasteiger charge is 2.33. The Morgan fingerprint density at radius 3 is 2.54 bits per heavy atom. The van der Waals surface area contributed by atoms with Gasteiger partial charge in [-0.25, -0.2) is 8.42 Å². The van der Waals surface area contributed by atoms with E-state index in [0.29, 0.717) is 24.9 Å². The van der Waals surface area contributed by atoms with Crippen molar-refractivity contribution in [3.8, 4) is 5.75 Å². The van der Waals surface area contributed by atoms with Crippen LogP contribution in [0.2, 0.25) is 0 Å². The largest absolute Gasteiger partial charge is 0.495 e. The zero-order chi connectivity index (χ0) is 20.3. The molecule has 1 amide bonds. The maximum Gasteiger partial charge on any atom is 0.251 e. The van der Waals surface area contributed by atoms with E-state index in [1.54, 1.807) is 12.1 Å². The first-order chi connectivity index (χ1) is 13.3. The highest BCUT2D eigenvalue weighted by Crippen LogP contribution is 2.32. The molecule has 3 rings (SSSR count). The van der Waals surface area contributed by atoms with Gasteiger partial charge < -0.3 is 15.2 Å². The van der Waals surface area contributed by atoms with Gasteiger partial charge in [0.05, 0.1) is 13.2 Å². The molecular formula is C20H30N2O5S. The zero-order valence-electron chi connectivity index (χ0n) is 16.6. The van der Waals surface area contributed by atoms with Crippen LogP contribution >= 0.6 is 0 Å². The van der Waals surface area contributed by atoms with Crippen molar-refractivity contribution < 1.29 is 23.1 Å². The van der Waals surface area contributed by atoms with Crippen molar-refractivity contribution >= 4 is 15.9 Å². The minimum absolute atomic E-state index is 0.000163. The molecule has 7 nitrogen and oxygen atoms in total. The number of nitrogens with zero attached hydrogens (tertiary/aromatic N) is 1. The number of aliphatic hydroxyl groups excluding tert-OH is 1. The Labute approximate surface area is 167 Å². The Balaban J connectivity index is 1.84. The smallest absolute Gasteiger partial charge is 0.251 e. The lowest BCUT2D eigenvalue weighted by atomic mass is 9.93. The molecule has 0 radical (unpaired) electrons. The van der Waals surface area contributed by atoms with Crippen molar-refractivity contribution in [1.82, 2.24) is 9.62 Å². The predicted octanol–water partition coefficient (Wildman–Crippen LogP) is 2.29. The summed E-state index contributed by atoms with van der Waals surface area (Å²) in [6.45, 7) is 2.39. The molecule has 0 aromatic heterocycles. The summed E-state index contributed by atoms with van der Waals surface area (Å²) in [7, 11) is -2.32. The van der Waals surface area contributed by atoms with E-state index in [0.717, 1.165) is 32.1 Å². The second-order valence-corrected chi connectivity index (χ2v) is 9.66. The van der Waals surface area contributed by atoms with Gasteiger partial charge in [0.15, 0.2) is 0 Å². The molecule has 28 heavy (non-hydrogen) atoms. The molecule has 1 aromatic rings. The highest BCUT2D eigenvalue weighted by molar-refractivity contribution is 7.89. The van der Waals surface area contributed by atoms with Gasteiger partial charge in [-0.2, -0.15) is 4.31 Å². The Bertz CT molecular complexity index is 803. The second kappa shape index (κ2) is 8.80. The summed E-state index contributed by atoms with van der Waals surface area (Å²) >= 11 is 0. The zero-order valence-corrected chi connectivity index (χ0v) is 17.4. The van der Waals surface area contributed by atoms with Crippen molar-refractivity contribution in [2.45, 2.75) is 75.0 Å². The van der Waals surface area contributed by atoms with Crippen LogP contribution in [0.5, 0.6) is 5.75 Å². The van der Waals surface area contributed by atoms with Gasteiger partial charge in [0.2, 0.25) is 10.0 Å². The third-order valence-corrected chi connectivity index (χ3v) is 7.82. The minimum Gasteiger partial charge on any atom is -0.495 e. The number of hydrogen-bond acceptors (Lipinski definition) is 5. The molecular weight excluding hydrogens is 380 g/mol. The molecule has 1 atom stereocenters. The molecule has 1 heterocycles. The van der Waals surface area contributed by atoms with Crippen LogP contribution in [0.15, 0.2) is 23.1 Å². The summed E-state index contributed by atoms with van der Waals surface area (Å²) in [6.07, 6.45) is 5.16. The van der Waals surface area contributed by atoms with E-state index in [-0.39, 0.29) is 34.7 Å². The monoisotopic (exact) mass is 410 g/mol. The Morgan fingerprint density at radius 2 is 1.89 bits per heavy atom. The molecule has 1 saturated heterocycles. The van der Waals surface area contributed by atoms with Crippen LogP contribution < -0.4 is 10.1 Å². The maximum atomic E-state index is 13.3. The third-order valence-electron chi connectivity index (χ3n) is 5.79. The van der Waals surface area contributed by atoms with Crippen LogP contribution in [-0.2, 0) is 10.0 Å². The molecule has 2 fully saturated rings. The minimum atomic E-state index is -3.76. The number of methoxy groups -OCH3 is 1. The number of amides is 1. The summed E-state index contributed by atoms with van der Waals surface area (Å²) in [5.74, 6) is -0.0534. The number of benzene rings is 1. The van der Waals surface area contributed by atoms with E-state index in [1.807, 2.05) is 6.92 Å². The first-order valence-electron chi connectivity index (χ1n) is 10.0. The first kappa shape index (κ1) is 21.1. The van der Waals surface area contributed by atoms with E-state index < -0.39 is 10.0 Å². The average molecular weight is 411 g/mol. The van der Waals surface area contributed by atoms with Gasteiger partial charge in [0, 0.05) is 24.2 Å². The van der Waals surface area contributed by atoms with E-state index >= 15 is 0 Å². The Hall–Kier alpha value is -1.64. The van der Waals surface area contributed by atoms with Crippen LogP contribution in [0, 0.1) is 0 Å². The van der Waals surface area contributed by atoms with Gasteiger partial charge in [-0.15, -0.1) is 0 Å². The molecule has 1 aliphatic carbocycles. The number of aliphatic hydroxyl groups is 1. The number of carbonyl (C=O) groups excluding carboxylic acids is 1. The van der Waals surface area contributed by atoms with Gasteiger partial charge in [0.25, 0.3) is 5.91 Å². The van der Waals surface area contributed by atoms with Gasteiger partial charge in [0.1, 0.15) is 10.6 Å². The lowest BCUT2D eigenvalue weighted by Gasteiger charge is -2.32. The van der Waals surface area contributed by atoms with Gasteiger partial charge in [-0.1, -0.05) is 6.42 Å². The molecule has 8 heteroatoms. The van der Waals surface area contributed by atoms with Crippen molar-refractivity contribution in [3.63, 3.8) is 0 Å². The summed E-state index contributed by atoms with van der Waals surface area (Å²) in [5, 5.41) is 12.6. The standard InChI is InChI=1S/C20H30N2O5S/c1-14-5-3-4-12-22(14)28(25,26)19-13-15(6-11-18(19)27-2)20(24)21-16-7-9-17(23)10-8-16/h6,11,13-14,16-17,23H,3-5,7-10,12H2,1-2H3,(H,21,24)/t14-,16?,17?/m1/s1. The molecule has 156 valence electrons. The van der Waals surface area contributed by atoms with Gasteiger partial charge in [-0.3, -0.25) is 4.79 Å². The molecule has 1 aliphatic heterocycles. The number of hydrogen-bond donors (Lipinski definition) is 2. The van der Waals surface area contributed by atoms with Crippen molar-refractivity contribution in [3.05, 3.63) is 23.8 Å². The molecule has 2 aliphatic rings. The fourth-order valence-electron chi connectivity index (χ4n) is 4.06.